The summed E-state index contributed by atoms with van der Waals surface area (Å²) in [7, 11) is -3.76. The topological polar surface area (TPSA) is 93.7 Å². The summed E-state index contributed by atoms with van der Waals surface area (Å²) in [4.78, 5) is 13.2. The lowest BCUT2D eigenvalue weighted by Crippen LogP contribution is -2.20. The van der Waals surface area contributed by atoms with Crippen LogP contribution in [0.5, 0.6) is 11.5 Å². The first-order chi connectivity index (χ1) is 15.4. The number of rotatable bonds is 10. The number of hydrogen-bond donors (Lipinski definition) is 2. The third kappa shape index (κ3) is 6.41. The first-order valence-corrected chi connectivity index (χ1v) is 12.5. The summed E-state index contributed by atoms with van der Waals surface area (Å²) in [6.45, 7) is 2.21. The predicted molar refractivity (Wildman–Crippen MR) is 127 cm³/mol. The van der Waals surface area contributed by atoms with Gasteiger partial charge >= 0.3 is 0 Å². The third-order valence-electron chi connectivity index (χ3n) is 4.30. The van der Waals surface area contributed by atoms with Gasteiger partial charge in [-0.25, -0.2) is 8.42 Å². The van der Waals surface area contributed by atoms with Crippen LogP contribution >= 0.6 is 11.8 Å². The SMILES string of the molecule is CCOc1ccc(NS(=O)(=O)c2ccc(OCC(=O)Nc3ccccc3SC)cc2)cc1. The standard InChI is InChI=1S/C23H24N2O5S2/c1-3-29-18-10-8-17(9-11-18)25-32(27,28)20-14-12-19(13-15-20)30-16-23(26)24-21-6-4-5-7-22(21)31-2/h4-15,25H,3,16H2,1-2H3,(H,24,26). The maximum Gasteiger partial charge on any atom is 0.262 e. The quantitative estimate of drug-likeness (QED) is 0.418. The first-order valence-electron chi connectivity index (χ1n) is 9.82. The second kappa shape index (κ2) is 10.9. The summed E-state index contributed by atoms with van der Waals surface area (Å²) < 4.78 is 38.6. The van der Waals surface area contributed by atoms with Crippen LogP contribution in [0.1, 0.15) is 6.92 Å². The van der Waals surface area contributed by atoms with Crippen LogP contribution in [0.25, 0.3) is 0 Å². The molecule has 3 aromatic carbocycles. The van der Waals surface area contributed by atoms with Gasteiger partial charge in [-0.05, 0) is 73.8 Å². The van der Waals surface area contributed by atoms with Crippen molar-refractivity contribution in [3.8, 4) is 11.5 Å². The Morgan fingerprint density at radius 2 is 1.53 bits per heavy atom. The second-order valence-corrected chi connectivity index (χ2v) is 9.10. The molecule has 0 aliphatic rings. The number of ether oxygens (including phenoxy) is 2. The molecule has 0 bridgehead atoms. The average Bonchev–Trinajstić information content (AvgIpc) is 2.80. The van der Waals surface area contributed by atoms with Gasteiger partial charge in [-0.2, -0.15) is 0 Å². The van der Waals surface area contributed by atoms with Gasteiger partial charge in [0.15, 0.2) is 6.61 Å². The second-order valence-electron chi connectivity index (χ2n) is 6.57. The van der Waals surface area contributed by atoms with Crippen LogP contribution in [-0.2, 0) is 14.8 Å². The lowest BCUT2D eigenvalue weighted by Gasteiger charge is -2.11. The van der Waals surface area contributed by atoms with Crippen molar-refractivity contribution >= 4 is 39.1 Å². The van der Waals surface area contributed by atoms with Crippen LogP contribution in [0.15, 0.2) is 82.6 Å². The molecule has 9 heteroatoms. The monoisotopic (exact) mass is 472 g/mol. The Bertz CT molecular complexity index is 1150. The molecule has 0 radical (unpaired) electrons. The van der Waals surface area contributed by atoms with E-state index in [-0.39, 0.29) is 17.4 Å². The Labute approximate surface area is 192 Å². The van der Waals surface area contributed by atoms with E-state index in [1.807, 2.05) is 37.4 Å². The molecule has 0 atom stereocenters. The zero-order valence-corrected chi connectivity index (χ0v) is 19.3. The van der Waals surface area contributed by atoms with Gasteiger partial charge in [0.05, 0.1) is 17.2 Å². The van der Waals surface area contributed by atoms with Crippen LogP contribution in [0.4, 0.5) is 11.4 Å². The Morgan fingerprint density at radius 3 is 2.19 bits per heavy atom. The molecule has 7 nitrogen and oxygen atoms in total. The fraction of sp³-hybridized carbons (Fsp3) is 0.174. The van der Waals surface area contributed by atoms with Crippen molar-refractivity contribution in [3.63, 3.8) is 0 Å². The van der Waals surface area contributed by atoms with Gasteiger partial charge in [0, 0.05) is 10.6 Å². The summed E-state index contributed by atoms with van der Waals surface area (Å²) >= 11 is 1.53. The molecule has 0 fully saturated rings. The van der Waals surface area contributed by atoms with Crippen LogP contribution in [0.2, 0.25) is 0 Å². The van der Waals surface area contributed by atoms with Crippen molar-refractivity contribution in [1.29, 1.82) is 0 Å². The van der Waals surface area contributed by atoms with Crippen LogP contribution in [-0.4, -0.2) is 33.8 Å². The van der Waals surface area contributed by atoms with Crippen molar-refractivity contribution in [2.24, 2.45) is 0 Å². The van der Waals surface area contributed by atoms with Crippen LogP contribution in [0, 0.1) is 0 Å². The molecule has 2 N–H and O–H groups in total. The molecule has 3 rings (SSSR count). The number of amides is 1. The Hall–Kier alpha value is -3.17. The summed E-state index contributed by atoms with van der Waals surface area (Å²) in [6, 6.07) is 20.0. The number of benzene rings is 3. The molecule has 0 unspecified atom stereocenters. The lowest BCUT2D eigenvalue weighted by molar-refractivity contribution is -0.118. The Morgan fingerprint density at radius 1 is 0.906 bits per heavy atom. The van der Waals surface area contributed by atoms with Gasteiger partial charge in [0.2, 0.25) is 0 Å². The lowest BCUT2D eigenvalue weighted by atomic mass is 10.3. The number of para-hydroxylation sites is 1. The molecule has 0 saturated heterocycles. The smallest absolute Gasteiger partial charge is 0.262 e. The number of carbonyl (C=O) groups excluding carboxylic acids is 1. The van der Waals surface area contributed by atoms with Crippen molar-refractivity contribution in [3.05, 3.63) is 72.8 Å². The van der Waals surface area contributed by atoms with Gasteiger partial charge in [0.1, 0.15) is 11.5 Å². The van der Waals surface area contributed by atoms with E-state index in [2.05, 4.69) is 10.0 Å². The summed E-state index contributed by atoms with van der Waals surface area (Å²) in [6.07, 6.45) is 1.93. The van der Waals surface area contributed by atoms with Gasteiger partial charge in [-0.1, -0.05) is 12.1 Å². The molecule has 0 heterocycles. The van der Waals surface area contributed by atoms with Crippen molar-refractivity contribution in [2.75, 3.05) is 29.5 Å². The molecule has 168 valence electrons. The van der Waals surface area contributed by atoms with Gasteiger partial charge < -0.3 is 14.8 Å². The number of anilines is 2. The maximum absolute atomic E-state index is 12.6. The normalized spacial score (nSPS) is 10.9. The molecule has 3 aromatic rings. The fourth-order valence-electron chi connectivity index (χ4n) is 2.80. The molecule has 0 aliphatic heterocycles. The summed E-state index contributed by atoms with van der Waals surface area (Å²) in [5, 5.41) is 2.81. The van der Waals surface area contributed by atoms with Gasteiger partial charge in [-0.15, -0.1) is 11.8 Å². The van der Waals surface area contributed by atoms with E-state index < -0.39 is 10.0 Å². The fourth-order valence-corrected chi connectivity index (χ4v) is 4.41. The highest BCUT2D eigenvalue weighted by Gasteiger charge is 2.15. The minimum Gasteiger partial charge on any atom is -0.494 e. The molecular weight excluding hydrogens is 448 g/mol. The van der Waals surface area contributed by atoms with Crippen molar-refractivity contribution in [2.45, 2.75) is 16.7 Å². The Kier molecular flexibility index (Phi) is 8.02. The molecule has 32 heavy (non-hydrogen) atoms. The zero-order valence-electron chi connectivity index (χ0n) is 17.7. The molecule has 0 saturated carbocycles. The number of hydrogen-bond acceptors (Lipinski definition) is 6. The van der Waals surface area contributed by atoms with E-state index in [1.54, 1.807) is 24.3 Å². The van der Waals surface area contributed by atoms with Crippen LogP contribution < -0.4 is 19.5 Å². The average molecular weight is 473 g/mol. The minimum atomic E-state index is -3.76. The van der Waals surface area contributed by atoms with E-state index in [4.69, 9.17) is 9.47 Å². The number of thioether (sulfide) groups is 1. The molecule has 0 aromatic heterocycles. The van der Waals surface area contributed by atoms with E-state index in [0.717, 1.165) is 10.6 Å². The summed E-state index contributed by atoms with van der Waals surface area (Å²) in [5.41, 5.74) is 1.14. The number of carbonyl (C=O) groups is 1. The van der Waals surface area contributed by atoms with Crippen molar-refractivity contribution < 1.29 is 22.7 Å². The molecule has 1 amide bonds. The van der Waals surface area contributed by atoms with E-state index in [1.165, 1.54) is 36.0 Å². The highest BCUT2D eigenvalue weighted by molar-refractivity contribution is 7.98. The molecular formula is C23H24N2O5S2. The van der Waals surface area contributed by atoms with Crippen LogP contribution in [0.3, 0.4) is 0 Å². The minimum absolute atomic E-state index is 0.0806. The van der Waals surface area contributed by atoms with E-state index in [0.29, 0.717) is 23.8 Å². The largest absolute Gasteiger partial charge is 0.494 e. The highest BCUT2D eigenvalue weighted by atomic mass is 32.2. The first kappa shape index (κ1) is 23.5. The molecule has 0 spiro atoms. The zero-order chi connectivity index (χ0) is 23.0. The molecule has 0 aliphatic carbocycles. The maximum atomic E-state index is 12.6. The number of sulfonamides is 1. The van der Waals surface area contributed by atoms with Gasteiger partial charge in [-0.3, -0.25) is 9.52 Å². The van der Waals surface area contributed by atoms with E-state index >= 15 is 0 Å². The Balaban J connectivity index is 1.57. The summed E-state index contributed by atoms with van der Waals surface area (Å²) in [5.74, 6) is 0.747. The predicted octanol–water partition coefficient (Wildman–Crippen LogP) is 4.63. The van der Waals surface area contributed by atoms with Gasteiger partial charge in [0.25, 0.3) is 15.9 Å². The number of nitrogens with one attached hydrogen (secondary N) is 2. The third-order valence-corrected chi connectivity index (χ3v) is 6.50. The van der Waals surface area contributed by atoms with Crippen molar-refractivity contribution in [1.82, 2.24) is 0 Å². The highest BCUT2D eigenvalue weighted by Crippen LogP contribution is 2.25. The van der Waals surface area contributed by atoms with E-state index in [9.17, 15) is 13.2 Å².